The number of nitrogens with zero attached hydrogens (tertiary/aromatic N) is 1. The highest BCUT2D eigenvalue weighted by atomic mass is 32.2. The zero-order valence-electron chi connectivity index (χ0n) is 20.3. The van der Waals surface area contributed by atoms with Crippen LogP contribution in [0.4, 0.5) is 32.0 Å². The van der Waals surface area contributed by atoms with Gasteiger partial charge in [-0.15, -0.1) is 0 Å². The quantitative estimate of drug-likeness (QED) is 0.151. The summed E-state index contributed by atoms with van der Waals surface area (Å²) in [6.07, 6.45) is -10.4. The standard InChI is InChI=1S/C25H22F6N4O4S/c26-24(27,28)16-4-2-6-19(12-16)40(37,38)35-17-5-1-3-15(11-17)22(36)14-32-9-10-39-18-7-8-20-21(13-18)33-34-23(20)25(29,30)31/h1-8,11-13,22,32,35-36H,9-10,14H2,(H,33,34). The van der Waals surface area contributed by atoms with Crippen molar-refractivity contribution >= 4 is 26.6 Å². The van der Waals surface area contributed by atoms with Crippen molar-refractivity contribution in [1.29, 1.82) is 0 Å². The number of ether oxygens (including phenoxy) is 1. The Morgan fingerprint density at radius 2 is 1.70 bits per heavy atom. The first-order valence-corrected chi connectivity index (χ1v) is 13.1. The summed E-state index contributed by atoms with van der Waals surface area (Å²) >= 11 is 0. The molecule has 3 aromatic carbocycles. The molecule has 4 aromatic rings. The predicted octanol–water partition coefficient (Wildman–Crippen LogP) is 5.10. The fourth-order valence-corrected chi connectivity index (χ4v) is 4.86. The lowest BCUT2D eigenvalue weighted by atomic mass is 10.1. The summed E-state index contributed by atoms with van der Waals surface area (Å²) in [6, 6.07) is 13.1. The molecule has 40 heavy (non-hydrogen) atoms. The number of aromatic amines is 1. The first kappa shape index (κ1) is 29.2. The number of aromatic nitrogens is 2. The van der Waals surface area contributed by atoms with Crippen LogP contribution in [0.25, 0.3) is 10.9 Å². The van der Waals surface area contributed by atoms with Crippen molar-refractivity contribution in [2.24, 2.45) is 0 Å². The van der Waals surface area contributed by atoms with E-state index >= 15 is 0 Å². The van der Waals surface area contributed by atoms with Gasteiger partial charge >= 0.3 is 12.4 Å². The number of benzene rings is 3. The summed E-state index contributed by atoms with van der Waals surface area (Å²) < 4.78 is 111. The molecule has 0 aliphatic heterocycles. The minimum Gasteiger partial charge on any atom is -0.492 e. The maximum Gasteiger partial charge on any atom is 0.435 e. The van der Waals surface area contributed by atoms with Crippen LogP contribution < -0.4 is 14.8 Å². The molecule has 0 saturated carbocycles. The molecule has 0 aliphatic rings. The molecule has 214 valence electrons. The van der Waals surface area contributed by atoms with Crippen molar-refractivity contribution < 1.29 is 44.6 Å². The van der Waals surface area contributed by atoms with E-state index < -0.39 is 44.6 Å². The number of alkyl halides is 6. The van der Waals surface area contributed by atoms with Gasteiger partial charge in [0.15, 0.2) is 5.69 Å². The Morgan fingerprint density at radius 1 is 0.950 bits per heavy atom. The Hall–Kier alpha value is -3.82. The molecule has 15 heteroatoms. The van der Waals surface area contributed by atoms with Gasteiger partial charge in [-0.05, 0) is 48.0 Å². The van der Waals surface area contributed by atoms with Crippen LogP contribution in [0.1, 0.15) is 22.9 Å². The lowest BCUT2D eigenvalue weighted by Gasteiger charge is -2.15. The molecular weight excluding hydrogens is 566 g/mol. The lowest BCUT2D eigenvalue weighted by Crippen LogP contribution is -2.26. The number of nitrogens with one attached hydrogen (secondary N) is 3. The molecular formula is C25H22F6N4O4S. The number of aliphatic hydroxyl groups is 1. The van der Waals surface area contributed by atoms with Gasteiger partial charge in [-0.25, -0.2) is 8.42 Å². The fourth-order valence-electron chi connectivity index (χ4n) is 3.77. The van der Waals surface area contributed by atoms with Gasteiger partial charge < -0.3 is 15.2 Å². The number of hydrogen-bond acceptors (Lipinski definition) is 6. The van der Waals surface area contributed by atoms with Crippen LogP contribution >= 0.6 is 0 Å². The number of hydrogen-bond donors (Lipinski definition) is 4. The predicted molar refractivity (Wildman–Crippen MR) is 133 cm³/mol. The largest absolute Gasteiger partial charge is 0.492 e. The van der Waals surface area contributed by atoms with Gasteiger partial charge in [0.25, 0.3) is 10.0 Å². The van der Waals surface area contributed by atoms with Crippen LogP contribution in [0.2, 0.25) is 0 Å². The van der Waals surface area contributed by atoms with Crippen LogP contribution in [0.3, 0.4) is 0 Å². The Balaban J connectivity index is 1.29. The van der Waals surface area contributed by atoms with Gasteiger partial charge in [0.1, 0.15) is 12.4 Å². The normalized spacial score (nSPS) is 13.4. The third kappa shape index (κ3) is 7.03. The molecule has 1 unspecified atom stereocenters. The summed E-state index contributed by atoms with van der Waals surface area (Å²) in [5.74, 6) is 0.313. The number of H-pyrrole nitrogens is 1. The summed E-state index contributed by atoms with van der Waals surface area (Å²) in [7, 11) is -4.33. The van der Waals surface area contributed by atoms with Crippen LogP contribution in [0, 0.1) is 0 Å². The van der Waals surface area contributed by atoms with E-state index in [2.05, 4.69) is 20.2 Å². The average molecular weight is 589 g/mol. The average Bonchev–Trinajstić information content (AvgIpc) is 3.32. The Morgan fingerprint density at radius 3 is 2.42 bits per heavy atom. The molecule has 0 amide bonds. The van der Waals surface area contributed by atoms with E-state index in [9.17, 15) is 39.9 Å². The smallest absolute Gasteiger partial charge is 0.435 e. The van der Waals surface area contributed by atoms with Gasteiger partial charge in [-0.1, -0.05) is 18.2 Å². The SMILES string of the molecule is O=S(=O)(Nc1cccc(C(O)CNCCOc2ccc3c(C(F)(F)F)n[nH]c3c2)c1)c1cccc(C(F)(F)F)c1. The second kappa shape index (κ2) is 11.3. The van der Waals surface area contributed by atoms with E-state index in [0.29, 0.717) is 17.4 Å². The number of sulfonamides is 1. The van der Waals surface area contributed by atoms with Crippen molar-refractivity contribution in [2.75, 3.05) is 24.4 Å². The van der Waals surface area contributed by atoms with Gasteiger partial charge in [0, 0.05) is 30.2 Å². The zero-order valence-corrected chi connectivity index (χ0v) is 21.2. The maximum absolute atomic E-state index is 13.0. The van der Waals surface area contributed by atoms with E-state index in [-0.39, 0.29) is 36.3 Å². The number of halogens is 6. The lowest BCUT2D eigenvalue weighted by molar-refractivity contribution is -0.140. The van der Waals surface area contributed by atoms with Crippen LogP contribution in [0.15, 0.2) is 71.6 Å². The molecule has 0 spiro atoms. The first-order chi connectivity index (χ1) is 18.7. The topological polar surface area (TPSA) is 116 Å². The Kier molecular flexibility index (Phi) is 8.28. The molecule has 1 atom stereocenters. The number of rotatable bonds is 10. The number of aliphatic hydroxyl groups excluding tert-OH is 1. The molecule has 8 nitrogen and oxygen atoms in total. The van der Waals surface area contributed by atoms with Crippen LogP contribution in [0.5, 0.6) is 5.75 Å². The molecule has 1 heterocycles. The van der Waals surface area contributed by atoms with E-state index in [4.69, 9.17) is 4.74 Å². The Bertz CT molecular complexity index is 1590. The summed E-state index contributed by atoms with van der Waals surface area (Å²) in [5.41, 5.74) is -1.58. The summed E-state index contributed by atoms with van der Waals surface area (Å²) in [4.78, 5) is -0.567. The number of fused-ring (bicyclic) bond motifs is 1. The monoisotopic (exact) mass is 588 g/mol. The molecule has 0 aliphatic carbocycles. The summed E-state index contributed by atoms with van der Waals surface area (Å²) in [6.45, 7) is 0.421. The van der Waals surface area contributed by atoms with Crippen LogP contribution in [-0.4, -0.2) is 43.4 Å². The molecule has 0 bridgehead atoms. The van der Waals surface area contributed by atoms with E-state index in [1.54, 1.807) is 6.07 Å². The highest BCUT2D eigenvalue weighted by molar-refractivity contribution is 7.92. The van der Waals surface area contributed by atoms with Gasteiger partial charge in [-0.2, -0.15) is 31.4 Å². The highest BCUT2D eigenvalue weighted by Crippen LogP contribution is 2.34. The van der Waals surface area contributed by atoms with E-state index in [1.807, 2.05) is 0 Å². The van der Waals surface area contributed by atoms with E-state index in [1.165, 1.54) is 36.4 Å². The summed E-state index contributed by atoms with van der Waals surface area (Å²) in [5, 5.41) is 19.0. The van der Waals surface area contributed by atoms with Crippen molar-refractivity contribution in [3.05, 3.63) is 83.6 Å². The van der Waals surface area contributed by atoms with Crippen molar-refractivity contribution in [2.45, 2.75) is 23.4 Å². The zero-order chi connectivity index (χ0) is 29.1. The Labute approximate surface area is 224 Å². The fraction of sp³-hybridized carbons (Fsp3) is 0.240. The van der Waals surface area contributed by atoms with Crippen molar-refractivity contribution in [3.63, 3.8) is 0 Å². The van der Waals surface area contributed by atoms with Crippen LogP contribution in [-0.2, 0) is 22.4 Å². The third-order valence-corrected chi connectivity index (χ3v) is 7.06. The minimum absolute atomic E-state index is 0.0418. The second-order valence-corrected chi connectivity index (χ2v) is 10.3. The first-order valence-electron chi connectivity index (χ1n) is 11.6. The minimum atomic E-state index is -4.71. The second-order valence-electron chi connectivity index (χ2n) is 8.60. The van der Waals surface area contributed by atoms with Gasteiger partial charge in [-0.3, -0.25) is 9.82 Å². The van der Waals surface area contributed by atoms with E-state index in [0.717, 1.165) is 18.2 Å². The van der Waals surface area contributed by atoms with Crippen molar-refractivity contribution in [3.8, 4) is 5.75 Å². The van der Waals surface area contributed by atoms with Gasteiger partial charge in [0.2, 0.25) is 0 Å². The molecule has 0 radical (unpaired) electrons. The molecule has 1 aromatic heterocycles. The van der Waals surface area contributed by atoms with Gasteiger partial charge in [0.05, 0.1) is 22.1 Å². The highest BCUT2D eigenvalue weighted by Gasteiger charge is 2.36. The third-order valence-electron chi connectivity index (χ3n) is 5.68. The van der Waals surface area contributed by atoms with Crippen molar-refractivity contribution in [1.82, 2.24) is 15.5 Å². The maximum atomic E-state index is 13.0. The molecule has 0 fully saturated rings. The molecule has 0 saturated heterocycles. The molecule has 4 rings (SSSR count). The number of anilines is 1. The molecule has 4 N–H and O–H groups in total.